The van der Waals surface area contributed by atoms with Crippen LogP contribution in [-0.2, 0) is 4.79 Å². The Hall–Kier alpha value is -2.35. The van der Waals surface area contributed by atoms with Crippen molar-refractivity contribution in [1.82, 2.24) is 19.8 Å². The maximum Gasteiger partial charge on any atom is 0.407 e. The summed E-state index contributed by atoms with van der Waals surface area (Å²) in [6.07, 6.45) is 2.36. The summed E-state index contributed by atoms with van der Waals surface area (Å²) < 4.78 is 1.01. The normalized spacial score (nSPS) is 17.8. The van der Waals surface area contributed by atoms with E-state index < -0.39 is 12.1 Å². The highest BCUT2D eigenvalue weighted by atomic mass is 79.9. The third-order valence-corrected chi connectivity index (χ3v) is 5.73. The van der Waals surface area contributed by atoms with Crippen LogP contribution in [0.5, 0.6) is 0 Å². The van der Waals surface area contributed by atoms with Gasteiger partial charge in [0.15, 0.2) is 0 Å². The third-order valence-electron chi connectivity index (χ3n) is 5.21. The lowest BCUT2D eigenvalue weighted by molar-refractivity contribution is -0.138. The molecule has 0 bridgehead atoms. The molecule has 2 heterocycles. The van der Waals surface area contributed by atoms with E-state index >= 15 is 0 Å². The second-order valence-corrected chi connectivity index (χ2v) is 8.38. The summed E-state index contributed by atoms with van der Waals surface area (Å²) >= 11 is 3.43. The number of likely N-dealkylation sites (tertiary alicyclic amines) is 1. The van der Waals surface area contributed by atoms with E-state index in [0.29, 0.717) is 6.54 Å². The van der Waals surface area contributed by atoms with Gasteiger partial charge in [-0.2, -0.15) is 0 Å². The van der Waals surface area contributed by atoms with Gasteiger partial charge in [0.25, 0.3) is 0 Å². The van der Waals surface area contributed by atoms with Gasteiger partial charge in [0.05, 0.1) is 17.9 Å². The van der Waals surface area contributed by atoms with Gasteiger partial charge in [-0.05, 0) is 36.5 Å². The molecule has 1 aromatic heterocycles. The number of nitrogens with zero attached hydrogens (tertiary/aromatic N) is 3. The average Bonchev–Trinajstić information content (AvgIpc) is 3.31. The van der Waals surface area contributed by atoms with Crippen LogP contribution in [0.25, 0.3) is 11.3 Å². The predicted octanol–water partition coefficient (Wildman–Crippen LogP) is 4.14. The molecule has 2 unspecified atom stereocenters. The molecule has 1 aliphatic heterocycles. The lowest BCUT2D eigenvalue weighted by Crippen LogP contribution is -2.51. The molecule has 0 aliphatic carbocycles. The lowest BCUT2D eigenvalue weighted by Gasteiger charge is -2.33. The molecule has 1 aromatic carbocycles. The predicted molar refractivity (Wildman–Crippen MR) is 110 cm³/mol. The maximum absolute atomic E-state index is 13.2. The van der Waals surface area contributed by atoms with Crippen LogP contribution in [0.15, 0.2) is 34.9 Å². The van der Waals surface area contributed by atoms with Crippen molar-refractivity contribution in [3.63, 3.8) is 0 Å². The molecular weight excluding hydrogens is 424 g/mol. The Morgan fingerprint density at radius 2 is 2.00 bits per heavy atom. The molecule has 150 valence electrons. The number of rotatable bonds is 5. The number of benzene rings is 1. The largest absolute Gasteiger partial charge is 0.465 e. The van der Waals surface area contributed by atoms with Crippen molar-refractivity contribution in [2.45, 2.75) is 38.8 Å². The number of carbonyl (C=O) groups excluding carboxylic acids is 1. The maximum atomic E-state index is 13.2. The van der Waals surface area contributed by atoms with Crippen molar-refractivity contribution in [2.75, 3.05) is 13.6 Å². The first-order valence-corrected chi connectivity index (χ1v) is 10.2. The lowest BCUT2D eigenvalue weighted by atomic mass is 10.0. The van der Waals surface area contributed by atoms with Gasteiger partial charge < -0.3 is 15.0 Å². The summed E-state index contributed by atoms with van der Waals surface area (Å²) in [5, 5.41) is 9.36. The Morgan fingerprint density at radius 3 is 2.61 bits per heavy atom. The van der Waals surface area contributed by atoms with E-state index in [1.165, 1.54) is 7.05 Å². The number of aromatic amines is 1. The molecule has 0 spiro atoms. The monoisotopic (exact) mass is 448 g/mol. The van der Waals surface area contributed by atoms with Gasteiger partial charge in [-0.15, -0.1) is 0 Å². The van der Waals surface area contributed by atoms with Crippen molar-refractivity contribution in [3.05, 3.63) is 40.8 Å². The van der Waals surface area contributed by atoms with Crippen LogP contribution in [-0.4, -0.2) is 56.5 Å². The van der Waals surface area contributed by atoms with E-state index in [1.807, 2.05) is 38.1 Å². The van der Waals surface area contributed by atoms with Gasteiger partial charge in [-0.25, -0.2) is 9.78 Å². The minimum Gasteiger partial charge on any atom is -0.465 e. The number of halogens is 1. The molecule has 0 radical (unpaired) electrons. The number of carboxylic acid groups (broad SMARTS) is 1. The smallest absolute Gasteiger partial charge is 0.407 e. The zero-order chi connectivity index (χ0) is 20.4. The Balaban J connectivity index is 1.83. The van der Waals surface area contributed by atoms with Gasteiger partial charge in [0, 0.05) is 18.1 Å². The number of amides is 2. The summed E-state index contributed by atoms with van der Waals surface area (Å²) in [4.78, 5) is 35.4. The zero-order valence-corrected chi connectivity index (χ0v) is 17.8. The van der Waals surface area contributed by atoms with E-state index in [-0.39, 0.29) is 17.9 Å². The molecule has 0 saturated carbocycles. The fourth-order valence-electron chi connectivity index (χ4n) is 3.78. The molecule has 1 saturated heterocycles. The zero-order valence-electron chi connectivity index (χ0n) is 16.2. The number of hydrogen-bond acceptors (Lipinski definition) is 3. The van der Waals surface area contributed by atoms with Crippen LogP contribution in [0.1, 0.15) is 38.6 Å². The fourth-order valence-corrected chi connectivity index (χ4v) is 4.05. The molecule has 2 amide bonds. The fraction of sp³-hybridized carbons (Fsp3) is 0.450. The van der Waals surface area contributed by atoms with Gasteiger partial charge in [0.2, 0.25) is 5.91 Å². The number of carbonyl (C=O) groups is 2. The van der Waals surface area contributed by atoms with Crippen LogP contribution in [0.2, 0.25) is 0 Å². The highest BCUT2D eigenvalue weighted by Gasteiger charge is 2.39. The molecule has 2 aromatic rings. The van der Waals surface area contributed by atoms with Gasteiger partial charge >= 0.3 is 6.09 Å². The SMILES string of the molecule is CC(C)C(C(=O)N1CCCC1c1ncc(-c2ccc(Br)cc2)[nH]1)N(C)C(=O)O. The van der Waals surface area contributed by atoms with E-state index in [9.17, 15) is 14.7 Å². The highest BCUT2D eigenvalue weighted by molar-refractivity contribution is 9.10. The average molecular weight is 449 g/mol. The second kappa shape index (κ2) is 8.34. The number of likely N-dealkylation sites (N-methyl/N-ethyl adjacent to an activating group) is 1. The Bertz CT molecular complexity index is 849. The number of imidazole rings is 1. The summed E-state index contributed by atoms with van der Waals surface area (Å²) in [6.45, 7) is 4.34. The van der Waals surface area contributed by atoms with Gasteiger partial charge in [-0.1, -0.05) is 41.9 Å². The van der Waals surface area contributed by atoms with Crippen LogP contribution in [0.4, 0.5) is 4.79 Å². The molecule has 2 atom stereocenters. The summed E-state index contributed by atoms with van der Waals surface area (Å²) in [5.41, 5.74) is 1.91. The van der Waals surface area contributed by atoms with Crippen molar-refractivity contribution < 1.29 is 14.7 Å². The molecule has 1 fully saturated rings. The third kappa shape index (κ3) is 4.06. The first-order valence-electron chi connectivity index (χ1n) is 9.36. The Labute approximate surface area is 172 Å². The Kier molecular flexibility index (Phi) is 6.07. The summed E-state index contributed by atoms with van der Waals surface area (Å²) in [7, 11) is 1.45. The van der Waals surface area contributed by atoms with Gasteiger partial charge in [-0.3, -0.25) is 9.69 Å². The van der Waals surface area contributed by atoms with Crippen molar-refractivity contribution in [2.24, 2.45) is 5.92 Å². The number of aromatic nitrogens is 2. The van der Waals surface area contributed by atoms with E-state index in [0.717, 1.165) is 39.3 Å². The van der Waals surface area contributed by atoms with Crippen molar-refractivity contribution in [1.29, 1.82) is 0 Å². The van der Waals surface area contributed by atoms with E-state index in [2.05, 4.69) is 25.9 Å². The first-order chi connectivity index (χ1) is 13.3. The topological polar surface area (TPSA) is 89.5 Å². The quantitative estimate of drug-likeness (QED) is 0.718. The van der Waals surface area contributed by atoms with Crippen LogP contribution in [0.3, 0.4) is 0 Å². The molecule has 2 N–H and O–H groups in total. The van der Waals surface area contributed by atoms with E-state index in [1.54, 1.807) is 11.1 Å². The molecule has 3 rings (SSSR count). The molecular formula is C20H25BrN4O3. The van der Waals surface area contributed by atoms with Crippen LogP contribution >= 0.6 is 15.9 Å². The van der Waals surface area contributed by atoms with E-state index in [4.69, 9.17) is 0 Å². The first kappa shape index (κ1) is 20.4. The minimum absolute atomic E-state index is 0.121. The standard InChI is InChI=1S/C20H25BrN4O3/c1-12(2)17(24(3)20(27)28)19(26)25-10-4-5-16(25)18-22-11-15(23-18)13-6-8-14(21)9-7-13/h6-9,11-12,16-17H,4-5,10H2,1-3H3,(H,22,23)(H,27,28). The summed E-state index contributed by atoms with van der Waals surface area (Å²) in [6, 6.07) is 7.05. The number of H-pyrrole nitrogens is 1. The Morgan fingerprint density at radius 1 is 1.32 bits per heavy atom. The molecule has 28 heavy (non-hydrogen) atoms. The highest BCUT2D eigenvalue weighted by Crippen LogP contribution is 2.33. The van der Waals surface area contributed by atoms with Gasteiger partial charge in [0.1, 0.15) is 11.9 Å². The number of nitrogens with one attached hydrogen (secondary N) is 1. The molecule has 8 heteroatoms. The van der Waals surface area contributed by atoms with Crippen LogP contribution < -0.4 is 0 Å². The molecule has 1 aliphatic rings. The van der Waals surface area contributed by atoms with Crippen molar-refractivity contribution >= 4 is 27.9 Å². The summed E-state index contributed by atoms with van der Waals surface area (Å²) in [5.74, 6) is 0.457. The van der Waals surface area contributed by atoms with Crippen LogP contribution in [0, 0.1) is 5.92 Å². The van der Waals surface area contributed by atoms with Crippen molar-refractivity contribution in [3.8, 4) is 11.3 Å². The number of hydrogen-bond donors (Lipinski definition) is 2. The second-order valence-electron chi connectivity index (χ2n) is 7.46. The minimum atomic E-state index is -1.10. The molecule has 7 nitrogen and oxygen atoms in total.